The molecule has 1 atom stereocenters. The molecule has 2 aliphatic rings. The molecule has 4 nitrogen and oxygen atoms in total. The third-order valence-corrected chi connectivity index (χ3v) is 6.24. The van der Waals surface area contributed by atoms with Crippen LogP contribution in [0, 0.1) is 5.92 Å². The zero-order valence-corrected chi connectivity index (χ0v) is 14.4. The molecule has 2 fully saturated rings. The molecule has 2 amide bonds. The number of rotatable bonds is 5. The first kappa shape index (κ1) is 16.7. The smallest absolute Gasteiger partial charge is 0.321 e. The lowest BCUT2D eigenvalue weighted by atomic mass is 10.1. The summed E-state index contributed by atoms with van der Waals surface area (Å²) in [6.07, 6.45) is 6.34. The lowest BCUT2D eigenvalue weighted by Crippen LogP contribution is -2.33. The number of thioether (sulfide) groups is 1. The van der Waals surface area contributed by atoms with Crippen molar-refractivity contribution in [3.05, 3.63) is 29.8 Å². The average Bonchev–Trinajstić information content (AvgIpc) is 3.25. The fourth-order valence-corrected chi connectivity index (χ4v) is 4.65. The monoisotopic (exact) mass is 334 g/mol. The van der Waals surface area contributed by atoms with Crippen molar-refractivity contribution in [1.82, 2.24) is 4.90 Å². The van der Waals surface area contributed by atoms with Gasteiger partial charge in [0.1, 0.15) is 0 Å². The normalized spacial score (nSPS) is 21.8. The van der Waals surface area contributed by atoms with Crippen molar-refractivity contribution in [2.75, 3.05) is 25.0 Å². The highest BCUT2D eigenvalue weighted by molar-refractivity contribution is 7.99. The summed E-state index contributed by atoms with van der Waals surface area (Å²) < 4.78 is 0. The second-order valence-electron chi connectivity index (χ2n) is 6.63. The maximum Gasteiger partial charge on any atom is 0.321 e. The lowest BCUT2D eigenvalue weighted by Gasteiger charge is -2.17. The average molecular weight is 334 g/mol. The van der Waals surface area contributed by atoms with Crippen molar-refractivity contribution in [2.24, 2.45) is 5.92 Å². The molecule has 0 radical (unpaired) electrons. The summed E-state index contributed by atoms with van der Waals surface area (Å²) in [6.45, 7) is 1.55. The van der Waals surface area contributed by atoms with Crippen LogP contribution in [0.1, 0.15) is 37.7 Å². The first-order valence-electron chi connectivity index (χ1n) is 8.62. The molecule has 5 heteroatoms. The van der Waals surface area contributed by atoms with Crippen LogP contribution in [-0.2, 0) is 5.75 Å². The molecule has 1 aliphatic carbocycles. The van der Waals surface area contributed by atoms with Gasteiger partial charge >= 0.3 is 6.03 Å². The van der Waals surface area contributed by atoms with E-state index in [1.165, 1.54) is 31.2 Å². The van der Waals surface area contributed by atoms with Crippen LogP contribution in [0.25, 0.3) is 0 Å². The Bertz CT molecular complexity index is 532. The van der Waals surface area contributed by atoms with Crippen molar-refractivity contribution in [3.8, 4) is 0 Å². The van der Waals surface area contributed by atoms with Gasteiger partial charge in [0.15, 0.2) is 0 Å². The summed E-state index contributed by atoms with van der Waals surface area (Å²) in [7, 11) is 0. The highest BCUT2D eigenvalue weighted by Gasteiger charge is 2.25. The van der Waals surface area contributed by atoms with E-state index in [0.717, 1.165) is 29.7 Å². The van der Waals surface area contributed by atoms with Crippen LogP contribution >= 0.6 is 11.8 Å². The fourth-order valence-electron chi connectivity index (χ4n) is 3.38. The third kappa shape index (κ3) is 4.64. The van der Waals surface area contributed by atoms with E-state index in [4.69, 9.17) is 0 Å². The molecule has 1 aromatic carbocycles. The predicted octanol–water partition coefficient (Wildman–Crippen LogP) is 3.71. The minimum absolute atomic E-state index is 0.0541. The lowest BCUT2D eigenvalue weighted by molar-refractivity contribution is 0.209. The van der Waals surface area contributed by atoms with Gasteiger partial charge in [0.2, 0.25) is 0 Å². The van der Waals surface area contributed by atoms with Gasteiger partial charge in [0, 0.05) is 42.3 Å². The molecular weight excluding hydrogens is 308 g/mol. The van der Waals surface area contributed by atoms with Crippen LogP contribution < -0.4 is 5.32 Å². The number of aliphatic hydroxyl groups is 1. The molecule has 1 unspecified atom stereocenters. The summed E-state index contributed by atoms with van der Waals surface area (Å²) in [5.41, 5.74) is 2.14. The van der Waals surface area contributed by atoms with Gasteiger partial charge in [-0.2, -0.15) is 11.8 Å². The van der Waals surface area contributed by atoms with Crippen molar-refractivity contribution < 1.29 is 9.90 Å². The Hall–Kier alpha value is -1.20. The highest BCUT2D eigenvalue weighted by Crippen LogP contribution is 2.32. The number of urea groups is 1. The third-order valence-electron chi connectivity index (χ3n) is 4.80. The summed E-state index contributed by atoms with van der Waals surface area (Å²) >= 11 is 2.04. The summed E-state index contributed by atoms with van der Waals surface area (Å²) in [5, 5.41) is 13.0. The van der Waals surface area contributed by atoms with Crippen molar-refractivity contribution in [1.29, 1.82) is 0 Å². The van der Waals surface area contributed by atoms with Crippen molar-refractivity contribution in [3.63, 3.8) is 0 Å². The summed E-state index contributed by atoms with van der Waals surface area (Å²) in [6, 6.07) is 8.12. The van der Waals surface area contributed by atoms with E-state index in [-0.39, 0.29) is 18.6 Å². The molecule has 2 N–H and O–H groups in total. The molecule has 1 aromatic rings. The largest absolute Gasteiger partial charge is 0.396 e. The van der Waals surface area contributed by atoms with Gasteiger partial charge in [0.05, 0.1) is 0 Å². The Kier molecular flexibility index (Phi) is 5.84. The first-order chi connectivity index (χ1) is 11.2. The number of likely N-dealkylation sites (tertiary alicyclic amines) is 1. The minimum Gasteiger partial charge on any atom is -0.396 e. The van der Waals surface area contributed by atoms with E-state index in [9.17, 15) is 9.90 Å². The second kappa shape index (κ2) is 8.06. The van der Waals surface area contributed by atoms with Gasteiger partial charge in [0.25, 0.3) is 0 Å². The molecule has 3 rings (SSSR count). The number of amides is 2. The summed E-state index contributed by atoms with van der Waals surface area (Å²) in [4.78, 5) is 14.1. The number of carbonyl (C=O) groups is 1. The molecule has 1 heterocycles. The number of benzene rings is 1. The van der Waals surface area contributed by atoms with Crippen LogP contribution in [0.2, 0.25) is 0 Å². The number of anilines is 1. The van der Waals surface area contributed by atoms with Crippen molar-refractivity contribution in [2.45, 2.75) is 43.1 Å². The van der Waals surface area contributed by atoms with E-state index in [1.807, 2.05) is 23.9 Å². The molecule has 23 heavy (non-hydrogen) atoms. The summed E-state index contributed by atoms with van der Waals surface area (Å²) in [5.74, 6) is 1.25. The van der Waals surface area contributed by atoms with Gasteiger partial charge in [-0.3, -0.25) is 0 Å². The molecule has 1 saturated heterocycles. The molecule has 1 saturated carbocycles. The molecular formula is C18H26N2O2S. The van der Waals surface area contributed by atoms with E-state index in [0.29, 0.717) is 6.54 Å². The number of hydrogen-bond donors (Lipinski definition) is 2. The second-order valence-corrected chi connectivity index (χ2v) is 7.92. The van der Waals surface area contributed by atoms with Crippen LogP contribution in [-0.4, -0.2) is 41.0 Å². The Morgan fingerprint density at radius 2 is 2.13 bits per heavy atom. The van der Waals surface area contributed by atoms with Crippen LogP contribution in [0.3, 0.4) is 0 Å². The number of aliphatic hydroxyl groups excluding tert-OH is 1. The SMILES string of the molecule is O=C(Nc1cccc(CSC2CCCC2)c1)N1CCC(CO)C1. The van der Waals surface area contributed by atoms with E-state index in [1.54, 1.807) is 4.90 Å². The number of carbonyl (C=O) groups excluding carboxylic acids is 1. The van der Waals surface area contributed by atoms with E-state index >= 15 is 0 Å². The Labute approximate surface area is 142 Å². The number of hydrogen-bond acceptors (Lipinski definition) is 3. The van der Waals surface area contributed by atoms with Crippen LogP contribution in [0.4, 0.5) is 10.5 Å². The molecule has 0 aromatic heterocycles. The quantitative estimate of drug-likeness (QED) is 0.863. The van der Waals surface area contributed by atoms with Gasteiger partial charge in [-0.15, -0.1) is 0 Å². The van der Waals surface area contributed by atoms with Crippen molar-refractivity contribution >= 4 is 23.5 Å². The van der Waals surface area contributed by atoms with Gasteiger partial charge < -0.3 is 15.3 Å². The van der Waals surface area contributed by atoms with E-state index in [2.05, 4.69) is 17.4 Å². The minimum atomic E-state index is -0.0541. The first-order valence-corrected chi connectivity index (χ1v) is 9.67. The van der Waals surface area contributed by atoms with Crippen LogP contribution in [0.5, 0.6) is 0 Å². The van der Waals surface area contributed by atoms with Crippen LogP contribution in [0.15, 0.2) is 24.3 Å². The molecule has 0 spiro atoms. The van der Waals surface area contributed by atoms with Gasteiger partial charge in [-0.1, -0.05) is 25.0 Å². The molecule has 0 bridgehead atoms. The van der Waals surface area contributed by atoms with Gasteiger partial charge in [-0.25, -0.2) is 4.79 Å². The molecule has 126 valence electrons. The predicted molar refractivity (Wildman–Crippen MR) is 95.8 cm³/mol. The maximum absolute atomic E-state index is 12.3. The number of nitrogens with one attached hydrogen (secondary N) is 1. The van der Waals surface area contributed by atoms with E-state index < -0.39 is 0 Å². The maximum atomic E-state index is 12.3. The highest BCUT2D eigenvalue weighted by atomic mass is 32.2. The Balaban J connectivity index is 1.51. The topological polar surface area (TPSA) is 52.6 Å². The Morgan fingerprint density at radius 3 is 2.87 bits per heavy atom. The zero-order chi connectivity index (χ0) is 16.1. The number of nitrogens with zero attached hydrogens (tertiary/aromatic N) is 1. The fraction of sp³-hybridized carbons (Fsp3) is 0.611. The Morgan fingerprint density at radius 1 is 1.30 bits per heavy atom. The van der Waals surface area contributed by atoms with Gasteiger partial charge in [-0.05, 0) is 37.0 Å². The standard InChI is InChI=1S/C18H26N2O2S/c21-12-15-8-9-20(11-15)18(22)19-16-5-3-4-14(10-16)13-23-17-6-1-2-7-17/h3-5,10,15,17,21H,1-2,6-9,11-13H2,(H,19,22). The molecule has 1 aliphatic heterocycles. The zero-order valence-electron chi connectivity index (χ0n) is 13.5.